The molecule has 1 amide bonds. The van der Waals surface area contributed by atoms with Gasteiger partial charge in [-0.2, -0.15) is 0 Å². The van der Waals surface area contributed by atoms with E-state index in [0.717, 1.165) is 6.42 Å². The van der Waals surface area contributed by atoms with Gasteiger partial charge in [-0.25, -0.2) is 0 Å². The molecule has 0 spiro atoms. The average Bonchev–Trinajstić information content (AvgIpc) is 2.68. The molecule has 3 rings (SSSR count). The lowest BCUT2D eigenvalue weighted by molar-refractivity contribution is -0.110. The van der Waals surface area contributed by atoms with Crippen molar-refractivity contribution in [3.8, 4) is 0 Å². The molecule has 0 radical (unpaired) electrons. The number of aliphatic hydroxyl groups is 2. The number of carbonyl (C=O) groups excluding carboxylic acids is 1. The van der Waals surface area contributed by atoms with Crippen LogP contribution >= 0.6 is 11.6 Å². The Labute approximate surface area is 164 Å². The highest BCUT2D eigenvalue weighted by Crippen LogP contribution is 2.24. The fraction of sp³-hybridized carbons (Fsp3) is 0.381. The molecule has 1 aliphatic rings. The largest absolute Gasteiger partial charge is 0.388 e. The van der Waals surface area contributed by atoms with E-state index >= 15 is 0 Å². The highest BCUT2D eigenvalue weighted by Gasteiger charge is 2.41. The summed E-state index contributed by atoms with van der Waals surface area (Å²) in [6, 6.07) is 16.8. The van der Waals surface area contributed by atoms with E-state index < -0.39 is 11.7 Å². The molecule has 0 bridgehead atoms. The molecule has 5 nitrogen and oxygen atoms in total. The van der Waals surface area contributed by atoms with Crippen molar-refractivity contribution in [2.24, 2.45) is 0 Å². The lowest BCUT2D eigenvalue weighted by Crippen LogP contribution is -2.60. The minimum Gasteiger partial charge on any atom is -0.388 e. The van der Waals surface area contributed by atoms with Crippen LogP contribution in [0.25, 0.3) is 0 Å². The van der Waals surface area contributed by atoms with Crippen molar-refractivity contribution in [1.82, 2.24) is 10.2 Å². The zero-order valence-electron chi connectivity index (χ0n) is 15.1. The molecular formula is C21H25ClN2O3. The first kappa shape index (κ1) is 19.8. The number of likely N-dealkylation sites (tertiary alicyclic amines) is 1. The van der Waals surface area contributed by atoms with Gasteiger partial charge in [0, 0.05) is 30.2 Å². The molecule has 3 N–H and O–H groups in total. The summed E-state index contributed by atoms with van der Waals surface area (Å²) in [7, 11) is 0. The van der Waals surface area contributed by atoms with Crippen LogP contribution < -0.4 is 5.32 Å². The molecule has 0 saturated carbocycles. The van der Waals surface area contributed by atoms with Crippen LogP contribution in [0, 0.1) is 0 Å². The van der Waals surface area contributed by atoms with Crippen molar-refractivity contribution in [2.45, 2.75) is 24.5 Å². The number of hydrogen-bond donors (Lipinski definition) is 3. The Kier molecular flexibility index (Phi) is 6.50. The van der Waals surface area contributed by atoms with Crippen molar-refractivity contribution in [1.29, 1.82) is 0 Å². The topological polar surface area (TPSA) is 72.8 Å². The summed E-state index contributed by atoms with van der Waals surface area (Å²) in [6.07, 6.45) is 0.187. The molecule has 0 aliphatic carbocycles. The van der Waals surface area contributed by atoms with Gasteiger partial charge in [-0.05, 0) is 49.2 Å². The monoisotopic (exact) mass is 388 g/mol. The van der Waals surface area contributed by atoms with Gasteiger partial charge in [0.15, 0.2) is 0 Å². The Morgan fingerprint density at radius 2 is 1.89 bits per heavy atom. The fourth-order valence-corrected chi connectivity index (χ4v) is 3.44. The molecule has 2 aromatic carbocycles. The van der Waals surface area contributed by atoms with Crippen LogP contribution in [-0.2, 0) is 6.42 Å². The number of halogens is 1. The number of carbonyl (C=O) groups is 1. The number of amides is 1. The molecule has 0 unspecified atom stereocenters. The van der Waals surface area contributed by atoms with Crippen molar-refractivity contribution >= 4 is 17.5 Å². The maximum absolute atomic E-state index is 12.6. The molecule has 6 heteroatoms. The van der Waals surface area contributed by atoms with E-state index in [1.807, 2.05) is 18.2 Å². The number of piperidine rings is 1. The summed E-state index contributed by atoms with van der Waals surface area (Å²) in [6.45, 7) is 1.52. The number of nitrogens with one attached hydrogen (secondary N) is 1. The quantitative estimate of drug-likeness (QED) is 0.663. The van der Waals surface area contributed by atoms with E-state index in [1.165, 1.54) is 5.56 Å². The lowest BCUT2D eigenvalue weighted by atomic mass is 9.88. The first-order valence-corrected chi connectivity index (χ1v) is 9.56. The van der Waals surface area contributed by atoms with Gasteiger partial charge < -0.3 is 20.4 Å². The highest BCUT2D eigenvalue weighted by atomic mass is 35.5. The Hall–Kier alpha value is -1.92. The van der Waals surface area contributed by atoms with Gasteiger partial charge in [0.05, 0.1) is 0 Å². The van der Waals surface area contributed by atoms with E-state index in [0.29, 0.717) is 36.6 Å². The standard InChI is InChI=1S/C21H25ClN2O3/c22-18-8-6-17(7-9-18)20(26)24-13-11-21(27,19(25)14-24)15-23-12-10-16-4-2-1-3-5-16/h1-9,19,23,25,27H,10-15H2/t19-,21-/m0/s1. The molecule has 0 aromatic heterocycles. The smallest absolute Gasteiger partial charge is 0.253 e. The summed E-state index contributed by atoms with van der Waals surface area (Å²) >= 11 is 5.86. The first-order valence-electron chi connectivity index (χ1n) is 9.18. The molecule has 1 heterocycles. The molecule has 144 valence electrons. The number of benzene rings is 2. The number of rotatable bonds is 6. The average molecular weight is 389 g/mol. The number of β-amino-alcohol motifs (C(OH)–C–C–N with tert-alkyl or cyclic N) is 1. The minimum atomic E-state index is -1.23. The predicted molar refractivity (Wildman–Crippen MR) is 106 cm³/mol. The predicted octanol–water partition coefficient (Wildman–Crippen LogP) is 2.11. The van der Waals surface area contributed by atoms with Gasteiger partial charge in [0.25, 0.3) is 5.91 Å². The third-order valence-electron chi connectivity index (χ3n) is 5.07. The van der Waals surface area contributed by atoms with E-state index in [1.54, 1.807) is 29.2 Å². The van der Waals surface area contributed by atoms with Gasteiger partial charge in [-0.1, -0.05) is 41.9 Å². The van der Waals surface area contributed by atoms with E-state index in [2.05, 4.69) is 17.4 Å². The van der Waals surface area contributed by atoms with Crippen LogP contribution in [0.5, 0.6) is 0 Å². The number of hydrogen-bond acceptors (Lipinski definition) is 4. The van der Waals surface area contributed by atoms with E-state index in [9.17, 15) is 15.0 Å². The van der Waals surface area contributed by atoms with Crippen LogP contribution in [0.4, 0.5) is 0 Å². The zero-order valence-corrected chi connectivity index (χ0v) is 15.9. The molecule has 27 heavy (non-hydrogen) atoms. The van der Waals surface area contributed by atoms with Crippen molar-refractivity contribution in [3.63, 3.8) is 0 Å². The van der Waals surface area contributed by atoms with Crippen LogP contribution in [0.15, 0.2) is 54.6 Å². The normalized spacial score (nSPS) is 22.6. The Morgan fingerprint density at radius 1 is 1.19 bits per heavy atom. The Morgan fingerprint density at radius 3 is 2.56 bits per heavy atom. The van der Waals surface area contributed by atoms with Gasteiger partial charge >= 0.3 is 0 Å². The van der Waals surface area contributed by atoms with E-state index in [4.69, 9.17) is 11.6 Å². The first-order chi connectivity index (χ1) is 13.0. The summed E-state index contributed by atoms with van der Waals surface area (Å²) in [5.74, 6) is -0.162. The minimum absolute atomic E-state index is 0.109. The summed E-state index contributed by atoms with van der Waals surface area (Å²) in [5, 5.41) is 25.0. The molecule has 1 aliphatic heterocycles. The molecule has 1 fully saturated rings. The second kappa shape index (κ2) is 8.85. The summed E-state index contributed by atoms with van der Waals surface area (Å²) in [5.41, 5.74) is 0.520. The Balaban J connectivity index is 1.49. The second-order valence-electron chi connectivity index (χ2n) is 7.04. The maximum atomic E-state index is 12.6. The van der Waals surface area contributed by atoms with Crippen molar-refractivity contribution < 1.29 is 15.0 Å². The van der Waals surface area contributed by atoms with Gasteiger partial charge in [0.1, 0.15) is 11.7 Å². The van der Waals surface area contributed by atoms with Crippen LogP contribution in [0.3, 0.4) is 0 Å². The molecule has 1 saturated heterocycles. The summed E-state index contributed by atoms with van der Waals surface area (Å²) < 4.78 is 0. The third-order valence-corrected chi connectivity index (χ3v) is 5.32. The third kappa shape index (κ3) is 5.08. The van der Waals surface area contributed by atoms with Crippen LogP contribution in [0.1, 0.15) is 22.3 Å². The second-order valence-corrected chi connectivity index (χ2v) is 7.48. The molecule has 2 atom stereocenters. The SMILES string of the molecule is O=C(c1ccc(Cl)cc1)N1CC[C@](O)(CNCCc2ccccc2)[C@@H](O)C1. The van der Waals surface area contributed by atoms with Crippen LogP contribution in [0.2, 0.25) is 5.02 Å². The van der Waals surface area contributed by atoms with Crippen molar-refractivity contribution in [3.05, 3.63) is 70.7 Å². The highest BCUT2D eigenvalue weighted by molar-refractivity contribution is 6.30. The maximum Gasteiger partial charge on any atom is 0.253 e. The van der Waals surface area contributed by atoms with Crippen molar-refractivity contribution in [2.75, 3.05) is 26.2 Å². The zero-order chi connectivity index (χ0) is 19.3. The fourth-order valence-electron chi connectivity index (χ4n) is 3.31. The Bertz CT molecular complexity index is 754. The number of aliphatic hydroxyl groups excluding tert-OH is 1. The van der Waals surface area contributed by atoms with E-state index in [-0.39, 0.29) is 12.5 Å². The van der Waals surface area contributed by atoms with Gasteiger partial charge in [-0.15, -0.1) is 0 Å². The van der Waals surface area contributed by atoms with Gasteiger partial charge in [-0.3, -0.25) is 4.79 Å². The molecular weight excluding hydrogens is 364 g/mol. The summed E-state index contributed by atoms with van der Waals surface area (Å²) in [4.78, 5) is 14.1. The molecule has 2 aromatic rings. The number of nitrogens with zero attached hydrogens (tertiary/aromatic N) is 1. The lowest BCUT2D eigenvalue weighted by Gasteiger charge is -2.42. The van der Waals surface area contributed by atoms with Gasteiger partial charge in [0.2, 0.25) is 0 Å². The van der Waals surface area contributed by atoms with Crippen LogP contribution in [-0.4, -0.2) is 58.9 Å².